The van der Waals surface area contributed by atoms with Gasteiger partial charge in [0.1, 0.15) is 0 Å². The van der Waals surface area contributed by atoms with Crippen LogP contribution in [0.3, 0.4) is 0 Å². The summed E-state index contributed by atoms with van der Waals surface area (Å²) in [5.41, 5.74) is 0. The van der Waals surface area contributed by atoms with E-state index in [2.05, 4.69) is 0 Å². The number of aliphatic carboxylic acids is 6. The predicted molar refractivity (Wildman–Crippen MR) is 73.5 cm³/mol. The molecule has 0 aromatic rings. The van der Waals surface area contributed by atoms with Crippen LogP contribution in [0.2, 0.25) is 0 Å². The fraction of sp³-hybridized carbons (Fsp3) is 0.500. The van der Waals surface area contributed by atoms with Gasteiger partial charge in [-0.2, -0.15) is 0 Å². The molecule has 144 valence electrons. The molecule has 0 aliphatic rings. The first kappa shape index (κ1) is 36.2. The molecule has 0 aromatic heterocycles. The molecule has 0 saturated carbocycles. The molecule has 0 aromatic carbocycles. The molecule has 0 unspecified atom stereocenters. The van der Waals surface area contributed by atoms with E-state index in [4.69, 9.17) is 30.6 Å². The van der Waals surface area contributed by atoms with Crippen molar-refractivity contribution in [2.24, 2.45) is 0 Å². The molecule has 26 heavy (non-hydrogen) atoms. The van der Waals surface area contributed by atoms with E-state index in [1.165, 1.54) is 0 Å². The SMILES string of the molecule is O=C(O)CCC(=O)O.O=C(O)CCC(=O)O.O=C(O)CCC(=O)O.[La].[La]. The largest absolute Gasteiger partial charge is 0.481 e. The number of carboxylic acids is 6. The van der Waals surface area contributed by atoms with Crippen molar-refractivity contribution in [2.45, 2.75) is 38.5 Å². The van der Waals surface area contributed by atoms with Crippen molar-refractivity contribution in [1.82, 2.24) is 0 Å². The molecule has 14 heteroatoms. The summed E-state index contributed by atoms with van der Waals surface area (Å²) in [6, 6.07) is 0. The van der Waals surface area contributed by atoms with Crippen molar-refractivity contribution in [2.75, 3.05) is 0 Å². The van der Waals surface area contributed by atoms with Crippen LogP contribution in [0.4, 0.5) is 0 Å². The minimum Gasteiger partial charge on any atom is -0.481 e. The third kappa shape index (κ3) is 56.7. The van der Waals surface area contributed by atoms with Gasteiger partial charge >= 0.3 is 35.8 Å². The Bertz CT molecular complexity index is 355. The molecule has 2 radical (unpaired) electrons. The van der Waals surface area contributed by atoms with Crippen LogP contribution < -0.4 is 0 Å². The maximum Gasteiger partial charge on any atom is 0.303 e. The van der Waals surface area contributed by atoms with Crippen molar-refractivity contribution in [3.8, 4) is 0 Å². The summed E-state index contributed by atoms with van der Waals surface area (Å²) in [4.78, 5) is 57.8. The fourth-order valence-electron chi connectivity index (χ4n) is 0.642. The average Bonchev–Trinajstić information content (AvgIpc) is 2.42. The van der Waals surface area contributed by atoms with Gasteiger partial charge in [-0.15, -0.1) is 0 Å². The number of hydrogen-bond donors (Lipinski definition) is 6. The van der Waals surface area contributed by atoms with E-state index in [1.54, 1.807) is 0 Å². The standard InChI is InChI=1S/3C4H6O4.2La/c3*5-3(6)1-2-4(7)8;;/h3*1-2H2,(H,5,6)(H,7,8);;. The number of carboxylic acid groups (broad SMARTS) is 6. The molecule has 12 nitrogen and oxygen atoms in total. The monoisotopic (exact) mass is 632 g/mol. The number of carbonyl (C=O) groups is 6. The van der Waals surface area contributed by atoms with Gasteiger partial charge in [0.2, 0.25) is 0 Å². The van der Waals surface area contributed by atoms with Gasteiger partial charge < -0.3 is 30.6 Å². The van der Waals surface area contributed by atoms with Gasteiger partial charge in [0.25, 0.3) is 0 Å². The normalized spacial score (nSPS) is 7.85. The maximum absolute atomic E-state index is 9.64. The molecule has 6 N–H and O–H groups in total. The Morgan fingerprint density at radius 2 is 0.423 bits per heavy atom. The van der Waals surface area contributed by atoms with Crippen molar-refractivity contribution >= 4 is 35.8 Å². The first-order chi connectivity index (χ1) is 10.9. The molecule has 0 amide bonds. The summed E-state index contributed by atoms with van der Waals surface area (Å²) in [7, 11) is 0. The number of hydrogen-bond acceptors (Lipinski definition) is 6. The van der Waals surface area contributed by atoms with Gasteiger partial charge in [-0.1, -0.05) is 0 Å². The van der Waals surface area contributed by atoms with Crippen LogP contribution in [-0.4, -0.2) is 66.5 Å². The summed E-state index contributed by atoms with van der Waals surface area (Å²) in [6.07, 6.45) is -1.78. The molecular weight excluding hydrogens is 614 g/mol. The molecule has 0 saturated heterocycles. The van der Waals surface area contributed by atoms with E-state index in [-0.39, 0.29) is 110 Å². The van der Waals surface area contributed by atoms with Crippen LogP contribution in [0, 0.1) is 71.2 Å². The van der Waals surface area contributed by atoms with Gasteiger partial charge in [-0.25, -0.2) is 0 Å². The third-order valence-corrected chi connectivity index (χ3v) is 1.66. The second-order valence-electron chi connectivity index (χ2n) is 3.86. The van der Waals surface area contributed by atoms with Crippen LogP contribution in [0.25, 0.3) is 0 Å². The van der Waals surface area contributed by atoms with Crippen molar-refractivity contribution in [1.29, 1.82) is 0 Å². The summed E-state index contributed by atoms with van der Waals surface area (Å²) >= 11 is 0. The quantitative estimate of drug-likeness (QED) is 0.195. The fourth-order valence-corrected chi connectivity index (χ4v) is 0.642. The summed E-state index contributed by atoms with van der Waals surface area (Å²) in [5.74, 6) is -6.46. The van der Waals surface area contributed by atoms with Crippen LogP contribution >= 0.6 is 0 Å². The van der Waals surface area contributed by atoms with Crippen LogP contribution in [0.15, 0.2) is 0 Å². The minimum atomic E-state index is -1.08. The Morgan fingerprint density at radius 1 is 0.346 bits per heavy atom. The molecule has 0 spiro atoms. The zero-order valence-corrected chi connectivity index (χ0v) is 20.8. The predicted octanol–water partition coefficient (Wildman–Crippen LogP) is -0.193. The Kier molecular flexibility index (Phi) is 33.7. The van der Waals surface area contributed by atoms with Crippen molar-refractivity contribution in [3.63, 3.8) is 0 Å². The van der Waals surface area contributed by atoms with E-state index >= 15 is 0 Å². The van der Waals surface area contributed by atoms with Crippen LogP contribution in [0.5, 0.6) is 0 Å². The Hall–Kier alpha value is -0.790. The smallest absolute Gasteiger partial charge is 0.303 e. The Labute approximate surface area is 203 Å². The van der Waals surface area contributed by atoms with E-state index in [9.17, 15) is 28.8 Å². The molecule has 0 heterocycles. The van der Waals surface area contributed by atoms with E-state index in [0.717, 1.165) is 0 Å². The summed E-state index contributed by atoms with van der Waals surface area (Å²) in [5, 5.41) is 47.4. The zero-order valence-electron chi connectivity index (χ0n) is 13.5. The molecule has 0 rings (SSSR count). The maximum atomic E-state index is 9.64. The summed E-state index contributed by atoms with van der Waals surface area (Å²) in [6.45, 7) is 0. The van der Waals surface area contributed by atoms with Gasteiger partial charge in [-0.05, 0) is 0 Å². The first-order valence-electron chi connectivity index (χ1n) is 6.19. The van der Waals surface area contributed by atoms with Gasteiger partial charge in [0.15, 0.2) is 0 Å². The van der Waals surface area contributed by atoms with Gasteiger partial charge in [0, 0.05) is 71.2 Å². The van der Waals surface area contributed by atoms with E-state index in [0.29, 0.717) is 0 Å². The molecule has 0 atom stereocenters. The van der Waals surface area contributed by atoms with Gasteiger partial charge in [0.05, 0.1) is 38.5 Å². The second kappa shape index (κ2) is 24.2. The number of rotatable bonds is 9. The topological polar surface area (TPSA) is 224 Å². The molecule has 0 aliphatic heterocycles. The second-order valence-corrected chi connectivity index (χ2v) is 3.86. The van der Waals surface area contributed by atoms with Crippen molar-refractivity contribution < 1.29 is 131 Å². The van der Waals surface area contributed by atoms with E-state index < -0.39 is 35.8 Å². The van der Waals surface area contributed by atoms with Crippen LogP contribution in [-0.2, 0) is 28.8 Å². The zero-order chi connectivity index (χ0) is 19.7. The molecule has 0 fully saturated rings. The minimum absolute atomic E-state index is 0. The molecular formula is C12H18La2O12. The first-order valence-corrected chi connectivity index (χ1v) is 6.19. The van der Waals surface area contributed by atoms with Gasteiger partial charge in [-0.3, -0.25) is 28.8 Å². The summed E-state index contributed by atoms with van der Waals surface area (Å²) < 4.78 is 0. The average molecular weight is 632 g/mol. The Balaban J connectivity index is -0.0000000817. The molecule has 0 aliphatic carbocycles. The third-order valence-electron chi connectivity index (χ3n) is 1.66. The Morgan fingerprint density at radius 3 is 0.462 bits per heavy atom. The van der Waals surface area contributed by atoms with Crippen molar-refractivity contribution in [3.05, 3.63) is 0 Å². The van der Waals surface area contributed by atoms with E-state index in [1.807, 2.05) is 0 Å². The van der Waals surface area contributed by atoms with Crippen LogP contribution in [0.1, 0.15) is 38.5 Å². The molecule has 0 bridgehead atoms.